The van der Waals surface area contributed by atoms with Crippen molar-refractivity contribution >= 4 is 29.3 Å². The van der Waals surface area contributed by atoms with Crippen molar-refractivity contribution in [3.8, 4) is 28.7 Å². The first-order chi connectivity index (χ1) is 30.9. The molecule has 0 bridgehead atoms. The van der Waals surface area contributed by atoms with E-state index in [1.165, 1.54) is 89.2 Å². The number of azo groups is 1. The van der Waals surface area contributed by atoms with E-state index in [-0.39, 0.29) is 11.3 Å². The molecule has 10 nitrogen and oxygen atoms in total. The normalized spacial score (nSPS) is 11.0. The van der Waals surface area contributed by atoms with Gasteiger partial charge >= 0.3 is 17.9 Å². The maximum Gasteiger partial charge on any atom is 0.343 e. The molecule has 332 valence electrons. The topological polar surface area (TPSA) is 122 Å². The van der Waals surface area contributed by atoms with Crippen LogP contribution in [0.25, 0.3) is 0 Å². The average Bonchev–Trinajstić information content (AvgIpc) is 3.31. The minimum absolute atomic E-state index is 0.274. The van der Waals surface area contributed by atoms with E-state index < -0.39 is 17.9 Å². The molecule has 0 spiro atoms. The van der Waals surface area contributed by atoms with Gasteiger partial charge < -0.3 is 23.7 Å². The van der Waals surface area contributed by atoms with Crippen molar-refractivity contribution in [3.63, 3.8) is 0 Å². The fourth-order valence-corrected chi connectivity index (χ4v) is 6.69. The van der Waals surface area contributed by atoms with Crippen LogP contribution >= 0.6 is 0 Å². The van der Waals surface area contributed by atoms with E-state index in [1.54, 1.807) is 109 Å². The Morgan fingerprint density at radius 2 is 0.714 bits per heavy atom. The van der Waals surface area contributed by atoms with E-state index in [0.29, 0.717) is 53.0 Å². The van der Waals surface area contributed by atoms with Gasteiger partial charge in [0, 0.05) is 6.07 Å². The molecular weight excluding hydrogens is 793 g/mol. The smallest absolute Gasteiger partial charge is 0.343 e. The van der Waals surface area contributed by atoms with Gasteiger partial charge in [0.2, 0.25) is 0 Å². The van der Waals surface area contributed by atoms with Crippen molar-refractivity contribution in [2.75, 3.05) is 13.2 Å². The third kappa shape index (κ3) is 17.9. The van der Waals surface area contributed by atoms with Crippen LogP contribution in [0.2, 0.25) is 0 Å². The highest BCUT2D eigenvalue weighted by Crippen LogP contribution is 2.26. The minimum Gasteiger partial charge on any atom is -0.494 e. The van der Waals surface area contributed by atoms with Gasteiger partial charge in [-0.25, -0.2) is 14.4 Å². The van der Waals surface area contributed by atoms with Crippen LogP contribution < -0.4 is 23.7 Å². The summed E-state index contributed by atoms with van der Waals surface area (Å²) >= 11 is 0. The highest BCUT2D eigenvalue weighted by atomic mass is 16.5. The summed E-state index contributed by atoms with van der Waals surface area (Å²) in [7, 11) is 0. The number of unbranched alkanes of at least 4 members (excludes halogenated alkanes) is 14. The number of ether oxygens (including phenoxy) is 5. The van der Waals surface area contributed by atoms with Crippen LogP contribution in [0.4, 0.5) is 11.4 Å². The summed E-state index contributed by atoms with van der Waals surface area (Å²) in [5, 5.41) is 8.54. The zero-order valence-electron chi connectivity index (χ0n) is 36.9. The average molecular weight is 855 g/mol. The van der Waals surface area contributed by atoms with E-state index in [0.717, 1.165) is 31.4 Å². The quantitative estimate of drug-likeness (QED) is 0.0211. The maximum absolute atomic E-state index is 12.9. The highest BCUT2D eigenvalue weighted by molar-refractivity contribution is 5.93. The number of nitrogens with zero attached hydrogens (tertiary/aromatic N) is 2. The molecule has 0 aromatic heterocycles. The molecule has 0 saturated carbocycles. The van der Waals surface area contributed by atoms with E-state index in [1.807, 2.05) is 0 Å². The molecule has 0 fully saturated rings. The lowest BCUT2D eigenvalue weighted by Crippen LogP contribution is -2.10. The summed E-state index contributed by atoms with van der Waals surface area (Å²) in [6, 6.07) is 33.3. The summed E-state index contributed by atoms with van der Waals surface area (Å²) < 4.78 is 28.3. The van der Waals surface area contributed by atoms with Crippen LogP contribution in [0.3, 0.4) is 0 Å². The van der Waals surface area contributed by atoms with E-state index in [4.69, 9.17) is 23.7 Å². The Kier molecular flexibility index (Phi) is 20.9. The minimum atomic E-state index is -0.590. The fraction of sp³-hybridized carbons (Fsp3) is 0.377. The fourth-order valence-electron chi connectivity index (χ4n) is 6.69. The molecule has 0 heterocycles. The first-order valence-electron chi connectivity index (χ1n) is 22.7. The van der Waals surface area contributed by atoms with Gasteiger partial charge in [-0.2, -0.15) is 10.2 Å². The van der Waals surface area contributed by atoms with Gasteiger partial charge in [0.15, 0.2) is 0 Å². The third-order valence-electron chi connectivity index (χ3n) is 10.4. The number of carbonyl (C=O) groups is 3. The second-order valence-corrected chi connectivity index (χ2v) is 15.6. The second kappa shape index (κ2) is 27.6. The molecule has 0 unspecified atom stereocenters. The molecule has 0 N–H and O–H groups in total. The summed E-state index contributed by atoms with van der Waals surface area (Å²) in [6.07, 6.45) is 19.9. The predicted octanol–water partition coefficient (Wildman–Crippen LogP) is 14.8. The highest BCUT2D eigenvalue weighted by Gasteiger charge is 2.13. The van der Waals surface area contributed by atoms with Gasteiger partial charge in [0.1, 0.15) is 28.7 Å². The lowest BCUT2D eigenvalue weighted by atomic mass is 10.1. The second-order valence-electron chi connectivity index (χ2n) is 15.6. The molecule has 0 aliphatic heterocycles. The zero-order valence-corrected chi connectivity index (χ0v) is 36.9. The number of hydrogen-bond acceptors (Lipinski definition) is 10. The monoisotopic (exact) mass is 854 g/mol. The van der Waals surface area contributed by atoms with E-state index in [9.17, 15) is 14.4 Å². The van der Waals surface area contributed by atoms with Gasteiger partial charge in [-0.3, -0.25) is 0 Å². The number of carbonyl (C=O) groups excluding carboxylic acids is 3. The molecule has 0 aliphatic carbocycles. The first kappa shape index (κ1) is 47.8. The Morgan fingerprint density at radius 3 is 1.14 bits per heavy atom. The molecule has 5 aromatic carbocycles. The van der Waals surface area contributed by atoms with Gasteiger partial charge in [-0.05, 0) is 122 Å². The Balaban J connectivity index is 0.997. The number of benzene rings is 5. The van der Waals surface area contributed by atoms with Crippen molar-refractivity contribution in [1.82, 2.24) is 0 Å². The van der Waals surface area contributed by atoms with Crippen LogP contribution in [-0.4, -0.2) is 31.1 Å². The zero-order chi connectivity index (χ0) is 44.3. The Hall–Kier alpha value is -6.29. The van der Waals surface area contributed by atoms with Gasteiger partial charge in [0.25, 0.3) is 0 Å². The lowest BCUT2D eigenvalue weighted by molar-refractivity contribution is 0.0723. The molecule has 10 heteroatoms. The van der Waals surface area contributed by atoms with Crippen molar-refractivity contribution in [1.29, 1.82) is 0 Å². The predicted molar refractivity (Wildman–Crippen MR) is 247 cm³/mol. The summed E-state index contributed by atoms with van der Waals surface area (Å²) in [4.78, 5) is 38.5. The van der Waals surface area contributed by atoms with Crippen molar-refractivity contribution < 1.29 is 38.1 Å². The van der Waals surface area contributed by atoms with Crippen LogP contribution in [0.5, 0.6) is 28.7 Å². The Bertz CT molecular complexity index is 2130. The van der Waals surface area contributed by atoms with E-state index in [2.05, 4.69) is 24.1 Å². The summed E-state index contributed by atoms with van der Waals surface area (Å²) in [6.45, 7) is 5.76. The van der Waals surface area contributed by atoms with Crippen molar-refractivity contribution in [2.45, 2.75) is 117 Å². The molecular formula is C53H62N2O8. The van der Waals surface area contributed by atoms with Crippen molar-refractivity contribution in [2.24, 2.45) is 10.2 Å². The van der Waals surface area contributed by atoms with Gasteiger partial charge in [-0.15, -0.1) is 0 Å². The lowest BCUT2D eigenvalue weighted by Gasteiger charge is -2.08. The van der Waals surface area contributed by atoms with Crippen LogP contribution in [0.1, 0.15) is 148 Å². The maximum atomic E-state index is 12.9. The molecule has 5 rings (SSSR count). The van der Waals surface area contributed by atoms with Crippen LogP contribution in [0, 0.1) is 0 Å². The summed E-state index contributed by atoms with van der Waals surface area (Å²) in [5.41, 5.74) is 2.08. The Labute approximate surface area is 373 Å². The van der Waals surface area contributed by atoms with Crippen molar-refractivity contribution in [3.05, 3.63) is 138 Å². The molecule has 0 saturated heterocycles. The van der Waals surface area contributed by atoms with Gasteiger partial charge in [-0.1, -0.05) is 110 Å². The van der Waals surface area contributed by atoms with Crippen LogP contribution in [-0.2, 0) is 0 Å². The molecule has 0 aliphatic rings. The SMILES string of the molecule is CCCCCCCCCCCCOc1ccc(C(=O)Oc2ccc(C(=O)Oc3cccc(N=Nc4ccc(OC(=O)c5ccc(OCCCCCCCC)cc5)cc4)c3)cc2)cc1. The number of rotatable bonds is 28. The van der Waals surface area contributed by atoms with Gasteiger partial charge in [0.05, 0.1) is 41.3 Å². The first-order valence-corrected chi connectivity index (χ1v) is 22.7. The molecule has 0 amide bonds. The standard InChI is InChI=1S/C53H62N2O8/c1-3-5-7-9-11-12-13-14-16-18-39-60-47-30-22-41(23-31-47)51(56)61-48-34-26-43(27-35-48)53(58)63-50-21-19-20-45(40-50)55-54-44-28-36-49(37-29-44)62-52(57)42-24-32-46(33-25-42)59-38-17-15-10-8-6-4-2/h19-37,40H,3-18,38-39H2,1-2H3. The van der Waals surface area contributed by atoms with E-state index >= 15 is 0 Å². The number of hydrogen-bond donors (Lipinski definition) is 0. The molecule has 0 atom stereocenters. The Morgan fingerprint density at radius 1 is 0.365 bits per heavy atom. The third-order valence-corrected chi connectivity index (χ3v) is 10.4. The molecule has 63 heavy (non-hydrogen) atoms. The molecule has 5 aromatic rings. The number of esters is 3. The van der Waals surface area contributed by atoms with Crippen LogP contribution in [0.15, 0.2) is 132 Å². The molecule has 0 radical (unpaired) electrons. The summed E-state index contributed by atoms with van der Waals surface area (Å²) in [5.74, 6) is 0.800. The largest absolute Gasteiger partial charge is 0.494 e.